The molecule has 2 heterocycles. The third kappa shape index (κ3) is 2.28. The molecule has 0 saturated carbocycles. The highest BCUT2D eigenvalue weighted by atomic mass is 16.3. The first-order chi connectivity index (χ1) is 7.65. The SMILES string of the molecule is Cc1coc(C(=O)Nc2cccc(C)n2)c1. The fourth-order valence-electron chi connectivity index (χ4n) is 1.34. The smallest absolute Gasteiger partial charge is 0.292 e. The summed E-state index contributed by atoms with van der Waals surface area (Å²) in [4.78, 5) is 15.9. The van der Waals surface area contributed by atoms with Crippen molar-refractivity contribution in [3.8, 4) is 0 Å². The molecule has 0 aliphatic heterocycles. The topological polar surface area (TPSA) is 55.1 Å². The average Bonchev–Trinajstić information content (AvgIpc) is 2.65. The summed E-state index contributed by atoms with van der Waals surface area (Å²) in [6.45, 7) is 3.73. The van der Waals surface area contributed by atoms with Crippen LogP contribution >= 0.6 is 0 Å². The molecule has 1 amide bonds. The second-order valence-electron chi connectivity index (χ2n) is 3.61. The van der Waals surface area contributed by atoms with Crippen LogP contribution in [0.15, 0.2) is 34.9 Å². The van der Waals surface area contributed by atoms with Gasteiger partial charge in [-0.25, -0.2) is 4.98 Å². The Morgan fingerprint density at radius 2 is 2.19 bits per heavy atom. The van der Waals surface area contributed by atoms with Crippen molar-refractivity contribution in [3.63, 3.8) is 0 Å². The van der Waals surface area contributed by atoms with Gasteiger partial charge in [-0.3, -0.25) is 4.79 Å². The number of hydrogen-bond donors (Lipinski definition) is 1. The number of carbonyl (C=O) groups excluding carboxylic acids is 1. The summed E-state index contributed by atoms with van der Waals surface area (Å²) in [6, 6.07) is 7.13. The summed E-state index contributed by atoms with van der Waals surface area (Å²) in [5.74, 6) is 0.533. The molecule has 1 N–H and O–H groups in total. The monoisotopic (exact) mass is 216 g/mol. The first kappa shape index (κ1) is 10.4. The molecule has 4 heteroatoms. The summed E-state index contributed by atoms with van der Waals surface area (Å²) in [5, 5.41) is 2.67. The number of aromatic nitrogens is 1. The molecule has 2 aromatic rings. The Bertz CT molecular complexity index is 517. The van der Waals surface area contributed by atoms with Crippen molar-refractivity contribution in [2.24, 2.45) is 0 Å². The van der Waals surface area contributed by atoms with E-state index in [4.69, 9.17) is 4.42 Å². The van der Waals surface area contributed by atoms with E-state index in [9.17, 15) is 4.79 Å². The fourth-order valence-corrected chi connectivity index (χ4v) is 1.34. The van der Waals surface area contributed by atoms with Gasteiger partial charge in [0.15, 0.2) is 5.76 Å². The van der Waals surface area contributed by atoms with Crippen molar-refractivity contribution in [1.29, 1.82) is 0 Å². The Morgan fingerprint density at radius 3 is 2.81 bits per heavy atom. The minimum atomic E-state index is -0.286. The third-order valence-corrected chi connectivity index (χ3v) is 2.08. The summed E-state index contributed by atoms with van der Waals surface area (Å²) in [5.41, 5.74) is 1.77. The summed E-state index contributed by atoms with van der Waals surface area (Å²) in [7, 11) is 0. The number of nitrogens with zero attached hydrogens (tertiary/aromatic N) is 1. The van der Waals surface area contributed by atoms with Crippen LogP contribution in [0.5, 0.6) is 0 Å². The predicted molar refractivity (Wildman–Crippen MR) is 60.4 cm³/mol. The molecule has 0 aliphatic carbocycles. The van der Waals surface area contributed by atoms with Gasteiger partial charge in [-0.1, -0.05) is 6.07 Å². The van der Waals surface area contributed by atoms with Gasteiger partial charge in [0.1, 0.15) is 5.82 Å². The number of hydrogen-bond acceptors (Lipinski definition) is 3. The molecule has 0 radical (unpaired) electrons. The molecule has 16 heavy (non-hydrogen) atoms. The van der Waals surface area contributed by atoms with E-state index in [1.165, 1.54) is 0 Å². The van der Waals surface area contributed by atoms with Crippen LogP contribution < -0.4 is 5.32 Å². The van der Waals surface area contributed by atoms with Gasteiger partial charge in [-0.05, 0) is 37.6 Å². The third-order valence-electron chi connectivity index (χ3n) is 2.08. The van der Waals surface area contributed by atoms with E-state index >= 15 is 0 Å². The summed E-state index contributed by atoms with van der Waals surface area (Å²) in [6.07, 6.45) is 1.54. The van der Waals surface area contributed by atoms with Crippen LogP contribution in [0.4, 0.5) is 5.82 Å². The van der Waals surface area contributed by atoms with Gasteiger partial charge >= 0.3 is 0 Å². The lowest BCUT2D eigenvalue weighted by atomic mass is 10.3. The zero-order chi connectivity index (χ0) is 11.5. The van der Waals surface area contributed by atoms with Gasteiger partial charge in [0.2, 0.25) is 0 Å². The van der Waals surface area contributed by atoms with Crippen LogP contribution in [0.3, 0.4) is 0 Å². The molecule has 0 aromatic carbocycles. The summed E-state index contributed by atoms with van der Waals surface area (Å²) < 4.78 is 5.09. The fraction of sp³-hybridized carbons (Fsp3) is 0.167. The van der Waals surface area contributed by atoms with E-state index in [0.29, 0.717) is 11.6 Å². The number of anilines is 1. The molecule has 0 unspecified atom stereocenters. The standard InChI is InChI=1S/C12H12N2O2/c1-8-6-10(16-7-8)12(15)14-11-5-3-4-9(2)13-11/h3-7H,1-2H3,(H,13,14,15). The number of amides is 1. The number of rotatable bonds is 2. The molecule has 0 fully saturated rings. The molecular formula is C12H12N2O2. The quantitative estimate of drug-likeness (QED) is 0.839. The Balaban J connectivity index is 2.13. The molecule has 4 nitrogen and oxygen atoms in total. The van der Waals surface area contributed by atoms with Gasteiger partial charge in [0, 0.05) is 5.69 Å². The van der Waals surface area contributed by atoms with E-state index < -0.39 is 0 Å². The van der Waals surface area contributed by atoms with Crippen molar-refractivity contribution < 1.29 is 9.21 Å². The number of pyridine rings is 1. The minimum absolute atomic E-state index is 0.286. The molecule has 82 valence electrons. The summed E-state index contributed by atoms with van der Waals surface area (Å²) >= 11 is 0. The van der Waals surface area contributed by atoms with E-state index in [0.717, 1.165) is 11.3 Å². The molecule has 0 bridgehead atoms. The zero-order valence-corrected chi connectivity index (χ0v) is 9.15. The predicted octanol–water partition coefficient (Wildman–Crippen LogP) is 2.54. The van der Waals surface area contributed by atoms with E-state index in [1.54, 1.807) is 18.4 Å². The second kappa shape index (κ2) is 4.18. The zero-order valence-electron chi connectivity index (χ0n) is 9.15. The largest absolute Gasteiger partial charge is 0.459 e. The van der Waals surface area contributed by atoms with Gasteiger partial charge in [0.05, 0.1) is 6.26 Å². The molecule has 2 rings (SSSR count). The Morgan fingerprint density at radius 1 is 1.38 bits per heavy atom. The van der Waals surface area contributed by atoms with Crippen LogP contribution in [-0.2, 0) is 0 Å². The molecular weight excluding hydrogens is 204 g/mol. The van der Waals surface area contributed by atoms with Crippen molar-refractivity contribution in [1.82, 2.24) is 4.98 Å². The van der Waals surface area contributed by atoms with Crippen LogP contribution in [0.1, 0.15) is 21.8 Å². The van der Waals surface area contributed by atoms with Gasteiger partial charge in [0.25, 0.3) is 5.91 Å². The van der Waals surface area contributed by atoms with Crippen LogP contribution in [0, 0.1) is 13.8 Å². The van der Waals surface area contributed by atoms with Gasteiger partial charge < -0.3 is 9.73 Å². The Hall–Kier alpha value is -2.10. The van der Waals surface area contributed by atoms with Crippen LogP contribution in [0.2, 0.25) is 0 Å². The highest BCUT2D eigenvalue weighted by Crippen LogP contribution is 2.10. The maximum Gasteiger partial charge on any atom is 0.292 e. The normalized spacial score (nSPS) is 10.1. The maximum atomic E-state index is 11.7. The molecule has 0 saturated heterocycles. The van der Waals surface area contributed by atoms with Crippen molar-refractivity contribution >= 4 is 11.7 Å². The van der Waals surface area contributed by atoms with Gasteiger partial charge in [-0.2, -0.15) is 0 Å². The van der Waals surface area contributed by atoms with E-state index in [2.05, 4.69) is 10.3 Å². The first-order valence-electron chi connectivity index (χ1n) is 4.95. The lowest BCUT2D eigenvalue weighted by Crippen LogP contribution is -2.12. The Kier molecular flexibility index (Phi) is 2.72. The van der Waals surface area contributed by atoms with Gasteiger partial charge in [-0.15, -0.1) is 0 Å². The maximum absolute atomic E-state index is 11.7. The Labute approximate surface area is 93.3 Å². The number of furan rings is 1. The van der Waals surface area contributed by atoms with Crippen LogP contribution in [-0.4, -0.2) is 10.9 Å². The van der Waals surface area contributed by atoms with Crippen molar-refractivity contribution in [2.45, 2.75) is 13.8 Å². The first-order valence-corrected chi connectivity index (χ1v) is 4.95. The number of aryl methyl sites for hydroxylation is 2. The highest BCUT2D eigenvalue weighted by Gasteiger charge is 2.10. The second-order valence-corrected chi connectivity index (χ2v) is 3.61. The number of carbonyl (C=O) groups is 1. The lowest BCUT2D eigenvalue weighted by molar-refractivity contribution is 0.0996. The lowest BCUT2D eigenvalue weighted by Gasteiger charge is -2.02. The van der Waals surface area contributed by atoms with E-state index in [1.807, 2.05) is 26.0 Å². The molecule has 2 aromatic heterocycles. The number of nitrogens with one attached hydrogen (secondary N) is 1. The van der Waals surface area contributed by atoms with Crippen molar-refractivity contribution in [2.75, 3.05) is 5.32 Å². The van der Waals surface area contributed by atoms with Crippen LogP contribution in [0.25, 0.3) is 0 Å². The van der Waals surface area contributed by atoms with E-state index in [-0.39, 0.29) is 5.91 Å². The highest BCUT2D eigenvalue weighted by molar-refractivity contribution is 6.01. The minimum Gasteiger partial charge on any atom is -0.459 e. The molecule has 0 spiro atoms. The van der Waals surface area contributed by atoms with Crippen molar-refractivity contribution in [3.05, 3.63) is 47.5 Å². The molecule has 0 atom stereocenters. The average molecular weight is 216 g/mol. The molecule has 0 aliphatic rings.